The number of halogens is 2. The minimum atomic E-state index is -4.13. The van der Waals surface area contributed by atoms with Gasteiger partial charge in [-0.25, -0.2) is 14.4 Å². The summed E-state index contributed by atoms with van der Waals surface area (Å²) in [5.41, 5.74) is 8.53. The topological polar surface area (TPSA) is 156 Å². The predicted molar refractivity (Wildman–Crippen MR) is 158 cm³/mol. The van der Waals surface area contributed by atoms with Crippen molar-refractivity contribution in [3.63, 3.8) is 0 Å². The number of carbonyl (C=O) groups excluding carboxylic acids is 1. The first-order valence-corrected chi connectivity index (χ1v) is 15.1. The van der Waals surface area contributed by atoms with Crippen molar-refractivity contribution in [3.05, 3.63) is 99.8 Å². The predicted octanol–water partition coefficient (Wildman–Crippen LogP) is 4.89. The third kappa shape index (κ3) is 4.94. The molecule has 0 fully saturated rings. The number of rotatable bonds is 7. The van der Waals surface area contributed by atoms with Gasteiger partial charge in [-0.3, -0.25) is 14.0 Å². The van der Waals surface area contributed by atoms with Crippen molar-refractivity contribution < 1.29 is 23.5 Å². The standard InChI is InChI=1S/C29H25ClFN6O4P/c1-29(18-8-6-16(7-9-18)12-13-42(39,40)41)23-25(32)33-27(34-26(23)35-28(29)38)24-20-11-10-19(30)14-22(20)37(36-24)15-17-4-2-3-5-21(17)31/h2-11,14H,12-13,15H2,1H3,(H2,39,40,41)(H3,32,33,34,35,38). The van der Waals surface area contributed by atoms with Gasteiger partial charge < -0.3 is 20.8 Å². The smallest absolute Gasteiger partial charge is 0.325 e. The van der Waals surface area contributed by atoms with Crippen LogP contribution in [0.4, 0.5) is 16.0 Å². The van der Waals surface area contributed by atoms with Crippen LogP contribution in [-0.2, 0) is 27.7 Å². The highest BCUT2D eigenvalue weighted by Crippen LogP contribution is 2.45. The molecule has 0 saturated heterocycles. The number of hydrogen-bond acceptors (Lipinski definition) is 6. The van der Waals surface area contributed by atoms with Crippen LogP contribution in [0, 0.1) is 5.82 Å². The van der Waals surface area contributed by atoms with Gasteiger partial charge in [0.2, 0.25) is 5.91 Å². The first-order valence-electron chi connectivity index (χ1n) is 13.0. The van der Waals surface area contributed by atoms with Crippen LogP contribution in [0.3, 0.4) is 0 Å². The number of nitrogens with zero attached hydrogens (tertiary/aromatic N) is 4. The fraction of sp³-hybridized carbons (Fsp3) is 0.172. The minimum absolute atomic E-state index is 0.0900. The zero-order valence-electron chi connectivity index (χ0n) is 22.3. The van der Waals surface area contributed by atoms with Crippen LogP contribution in [0.5, 0.6) is 0 Å². The molecule has 5 aromatic rings. The van der Waals surface area contributed by atoms with Gasteiger partial charge >= 0.3 is 7.60 Å². The molecule has 0 bridgehead atoms. The van der Waals surface area contributed by atoms with Crippen LogP contribution in [0.1, 0.15) is 29.2 Å². The molecule has 10 nitrogen and oxygen atoms in total. The molecule has 42 heavy (non-hydrogen) atoms. The van der Waals surface area contributed by atoms with Crippen LogP contribution >= 0.6 is 19.2 Å². The van der Waals surface area contributed by atoms with Crippen LogP contribution in [0.25, 0.3) is 22.4 Å². The Labute approximate surface area is 244 Å². The van der Waals surface area contributed by atoms with Crippen LogP contribution in [-0.4, -0.2) is 41.6 Å². The second kappa shape index (κ2) is 10.3. The first-order chi connectivity index (χ1) is 19.9. The molecular formula is C29H25ClFN6O4P. The number of carbonyl (C=O) groups is 1. The summed E-state index contributed by atoms with van der Waals surface area (Å²) >= 11 is 6.29. The lowest BCUT2D eigenvalue weighted by atomic mass is 9.77. The summed E-state index contributed by atoms with van der Waals surface area (Å²) in [6.45, 7) is 1.86. The second-order valence-electron chi connectivity index (χ2n) is 10.3. The third-order valence-electron chi connectivity index (χ3n) is 7.55. The quantitative estimate of drug-likeness (QED) is 0.191. The Hall–Kier alpha value is -4.15. The van der Waals surface area contributed by atoms with Crippen LogP contribution < -0.4 is 11.1 Å². The van der Waals surface area contributed by atoms with Gasteiger partial charge in [0, 0.05) is 16.0 Å². The van der Waals surface area contributed by atoms with Crippen molar-refractivity contribution in [2.75, 3.05) is 17.2 Å². The van der Waals surface area contributed by atoms with Gasteiger partial charge in [-0.05, 0) is 48.7 Å². The highest BCUT2D eigenvalue weighted by molar-refractivity contribution is 7.51. The van der Waals surface area contributed by atoms with Gasteiger partial charge in [0.25, 0.3) is 0 Å². The Bertz CT molecular complexity index is 1930. The van der Waals surface area contributed by atoms with Gasteiger partial charge in [0.1, 0.15) is 28.6 Å². The summed E-state index contributed by atoms with van der Waals surface area (Å²) in [5, 5.41) is 8.69. The van der Waals surface area contributed by atoms with E-state index in [1.54, 1.807) is 72.3 Å². The maximum absolute atomic E-state index is 14.5. The minimum Gasteiger partial charge on any atom is -0.383 e. The number of amides is 1. The lowest BCUT2D eigenvalue weighted by molar-refractivity contribution is -0.119. The molecule has 3 heterocycles. The Morgan fingerprint density at radius 2 is 1.83 bits per heavy atom. The van der Waals surface area contributed by atoms with E-state index in [9.17, 15) is 23.5 Å². The molecule has 1 atom stereocenters. The van der Waals surface area contributed by atoms with E-state index in [2.05, 4.69) is 15.3 Å². The average Bonchev–Trinajstić information content (AvgIpc) is 3.42. The molecule has 3 aromatic carbocycles. The number of aromatic nitrogens is 4. The summed E-state index contributed by atoms with van der Waals surface area (Å²) in [6, 6.07) is 18.6. The molecule has 6 rings (SSSR count). The summed E-state index contributed by atoms with van der Waals surface area (Å²) in [6.07, 6.45) is -0.0746. The molecule has 2 aromatic heterocycles. The summed E-state index contributed by atoms with van der Waals surface area (Å²) in [7, 11) is -4.13. The van der Waals surface area contributed by atoms with Gasteiger partial charge in [-0.1, -0.05) is 54.1 Å². The van der Waals surface area contributed by atoms with Crippen molar-refractivity contribution in [1.29, 1.82) is 0 Å². The number of hydrogen-bond donors (Lipinski definition) is 4. The zero-order valence-corrected chi connectivity index (χ0v) is 23.9. The molecule has 1 aliphatic rings. The molecule has 0 radical (unpaired) electrons. The Morgan fingerprint density at radius 3 is 2.55 bits per heavy atom. The van der Waals surface area contributed by atoms with E-state index in [-0.39, 0.29) is 48.3 Å². The summed E-state index contributed by atoms with van der Waals surface area (Å²) in [4.78, 5) is 40.9. The first kappa shape index (κ1) is 28.0. The van der Waals surface area contributed by atoms with E-state index in [1.165, 1.54) is 6.07 Å². The summed E-state index contributed by atoms with van der Waals surface area (Å²) in [5.74, 6) is -0.184. The lowest BCUT2D eigenvalue weighted by Crippen LogP contribution is -2.33. The highest BCUT2D eigenvalue weighted by atomic mass is 35.5. The number of fused-ring (bicyclic) bond motifs is 2. The van der Waals surface area contributed by atoms with Crippen molar-refractivity contribution >= 4 is 47.6 Å². The molecule has 1 aliphatic heterocycles. The molecule has 1 amide bonds. The number of benzene rings is 3. The van der Waals surface area contributed by atoms with E-state index in [0.29, 0.717) is 38.3 Å². The lowest BCUT2D eigenvalue weighted by Gasteiger charge is -2.23. The van der Waals surface area contributed by atoms with E-state index < -0.39 is 13.0 Å². The number of nitrogen functional groups attached to an aromatic ring is 1. The summed E-state index contributed by atoms with van der Waals surface area (Å²) < 4.78 is 27.3. The van der Waals surface area contributed by atoms with E-state index in [4.69, 9.17) is 22.4 Å². The highest BCUT2D eigenvalue weighted by Gasteiger charge is 2.47. The molecule has 13 heteroatoms. The fourth-order valence-electron chi connectivity index (χ4n) is 5.29. The van der Waals surface area contributed by atoms with Gasteiger partial charge in [0.05, 0.1) is 23.8 Å². The Kier molecular flexibility index (Phi) is 6.86. The van der Waals surface area contributed by atoms with Crippen LogP contribution in [0.15, 0.2) is 66.7 Å². The monoisotopic (exact) mass is 606 g/mol. The normalized spacial score (nSPS) is 16.5. The molecule has 5 N–H and O–H groups in total. The number of anilines is 2. The second-order valence-corrected chi connectivity index (χ2v) is 12.5. The largest absolute Gasteiger partial charge is 0.383 e. The molecule has 0 spiro atoms. The van der Waals surface area contributed by atoms with Gasteiger partial charge in [-0.2, -0.15) is 5.10 Å². The molecule has 0 saturated carbocycles. The molecule has 214 valence electrons. The SMILES string of the molecule is CC1(c2ccc(CCP(=O)(O)O)cc2)C(=O)Nc2nc(-c3nn(Cc4ccccc4F)c4cc(Cl)ccc34)nc(N)c21. The van der Waals surface area contributed by atoms with Crippen molar-refractivity contribution in [2.24, 2.45) is 0 Å². The van der Waals surface area contributed by atoms with E-state index >= 15 is 0 Å². The Balaban J connectivity index is 1.40. The Morgan fingerprint density at radius 1 is 1.10 bits per heavy atom. The molecule has 0 aliphatic carbocycles. The third-order valence-corrected chi connectivity index (χ3v) is 8.59. The van der Waals surface area contributed by atoms with Gasteiger partial charge in [-0.15, -0.1) is 0 Å². The zero-order chi connectivity index (χ0) is 29.8. The van der Waals surface area contributed by atoms with Crippen LogP contribution in [0.2, 0.25) is 5.02 Å². The van der Waals surface area contributed by atoms with Crippen molar-refractivity contribution in [2.45, 2.75) is 25.3 Å². The van der Waals surface area contributed by atoms with Crippen molar-refractivity contribution in [1.82, 2.24) is 19.7 Å². The molecule has 1 unspecified atom stereocenters. The fourth-order valence-corrected chi connectivity index (χ4v) is 6.00. The number of aryl methyl sites for hydroxylation is 1. The average molecular weight is 607 g/mol. The maximum atomic E-state index is 14.5. The number of nitrogens with one attached hydrogen (secondary N) is 1. The van der Waals surface area contributed by atoms with E-state index in [1.807, 2.05) is 0 Å². The van der Waals surface area contributed by atoms with E-state index in [0.717, 1.165) is 5.56 Å². The molecular weight excluding hydrogens is 582 g/mol. The van der Waals surface area contributed by atoms with Crippen molar-refractivity contribution in [3.8, 4) is 11.5 Å². The van der Waals surface area contributed by atoms with Gasteiger partial charge in [0.15, 0.2) is 5.82 Å². The maximum Gasteiger partial charge on any atom is 0.325 e. The number of nitrogens with two attached hydrogens (primary N) is 1.